The van der Waals surface area contributed by atoms with Crippen LogP contribution in [0.3, 0.4) is 0 Å². The number of ether oxygens (including phenoxy) is 1. The second-order valence-corrected chi connectivity index (χ2v) is 3.99. The Labute approximate surface area is 107 Å². The molecule has 1 aromatic heterocycles. The van der Waals surface area contributed by atoms with Crippen LogP contribution in [-0.4, -0.2) is 48.5 Å². The van der Waals surface area contributed by atoms with Crippen molar-refractivity contribution in [2.75, 3.05) is 32.7 Å². The number of alkyl halides is 1. The van der Waals surface area contributed by atoms with Crippen LogP contribution in [0, 0.1) is 6.92 Å². The first-order valence-electron chi connectivity index (χ1n) is 5.46. The number of carbonyl (C=O) groups excluding carboxylic acids is 1. The second-order valence-electron chi connectivity index (χ2n) is 3.61. The van der Waals surface area contributed by atoms with E-state index < -0.39 is 0 Å². The zero-order valence-corrected chi connectivity index (χ0v) is 10.9. The van der Waals surface area contributed by atoms with E-state index in [1.54, 1.807) is 30.3 Å². The first-order chi connectivity index (χ1) is 8.20. The summed E-state index contributed by atoms with van der Waals surface area (Å²) in [7, 11) is 1.61. The lowest BCUT2D eigenvalue weighted by molar-refractivity contribution is 0.0706. The summed E-state index contributed by atoms with van der Waals surface area (Å²) in [6.45, 7) is 3.37. The maximum Gasteiger partial charge on any atom is 0.255 e. The van der Waals surface area contributed by atoms with Crippen LogP contribution in [0.4, 0.5) is 0 Å². The van der Waals surface area contributed by atoms with E-state index in [9.17, 15) is 4.79 Å². The van der Waals surface area contributed by atoms with Crippen molar-refractivity contribution in [2.24, 2.45) is 0 Å². The summed E-state index contributed by atoms with van der Waals surface area (Å²) < 4.78 is 4.98. The normalized spacial score (nSPS) is 10.3. The fourth-order valence-electron chi connectivity index (χ4n) is 1.50. The van der Waals surface area contributed by atoms with Gasteiger partial charge >= 0.3 is 0 Å². The Kier molecular flexibility index (Phi) is 5.94. The van der Waals surface area contributed by atoms with Gasteiger partial charge in [0.1, 0.15) is 0 Å². The van der Waals surface area contributed by atoms with E-state index in [-0.39, 0.29) is 5.91 Å². The van der Waals surface area contributed by atoms with Crippen LogP contribution in [0.2, 0.25) is 0 Å². The molecule has 1 heterocycles. The molecule has 0 atom stereocenters. The number of pyridine rings is 1. The number of methoxy groups -OCH3 is 1. The Morgan fingerprint density at radius 1 is 1.53 bits per heavy atom. The van der Waals surface area contributed by atoms with Crippen molar-refractivity contribution < 1.29 is 9.53 Å². The van der Waals surface area contributed by atoms with Gasteiger partial charge in [-0.15, -0.1) is 11.6 Å². The van der Waals surface area contributed by atoms with E-state index in [0.29, 0.717) is 31.1 Å². The third kappa shape index (κ3) is 3.98. The highest BCUT2D eigenvalue weighted by Crippen LogP contribution is 2.08. The molecule has 0 aliphatic heterocycles. The van der Waals surface area contributed by atoms with Gasteiger partial charge in [-0.2, -0.15) is 0 Å². The smallest absolute Gasteiger partial charge is 0.255 e. The van der Waals surface area contributed by atoms with Crippen LogP contribution in [0.25, 0.3) is 0 Å². The van der Waals surface area contributed by atoms with Crippen LogP contribution in [0.15, 0.2) is 18.3 Å². The van der Waals surface area contributed by atoms with Crippen LogP contribution in [-0.2, 0) is 4.74 Å². The third-order valence-electron chi connectivity index (χ3n) is 2.44. The molecule has 0 saturated carbocycles. The molecule has 0 aromatic carbocycles. The van der Waals surface area contributed by atoms with Crippen molar-refractivity contribution >= 4 is 17.5 Å². The maximum absolute atomic E-state index is 12.2. The Hall–Kier alpha value is -1.13. The Morgan fingerprint density at radius 2 is 2.29 bits per heavy atom. The molecule has 0 aliphatic carbocycles. The van der Waals surface area contributed by atoms with Crippen molar-refractivity contribution in [2.45, 2.75) is 6.92 Å². The second kappa shape index (κ2) is 7.25. The van der Waals surface area contributed by atoms with Crippen molar-refractivity contribution in [1.29, 1.82) is 0 Å². The molecule has 0 bridgehead atoms. The van der Waals surface area contributed by atoms with Crippen LogP contribution in [0.5, 0.6) is 0 Å². The lowest BCUT2D eigenvalue weighted by Gasteiger charge is -2.21. The Morgan fingerprint density at radius 3 is 2.88 bits per heavy atom. The molecule has 94 valence electrons. The number of aryl methyl sites for hydroxylation is 1. The molecule has 1 amide bonds. The first kappa shape index (κ1) is 13.9. The summed E-state index contributed by atoms with van der Waals surface area (Å²) in [5.74, 6) is 0.364. The Bertz CT molecular complexity index is 371. The molecular weight excluding hydrogens is 240 g/mol. The molecule has 5 heteroatoms. The van der Waals surface area contributed by atoms with E-state index in [0.717, 1.165) is 5.69 Å². The Balaban J connectivity index is 2.80. The average molecular weight is 257 g/mol. The third-order valence-corrected chi connectivity index (χ3v) is 2.61. The predicted molar refractivity (Wildman–Crippen MR) is 67.5 cm³/mol. The summed E-state index contributed by atoms with van der Waals surface area (Å²) in [6, 6.07) is 3.54. The molecule has 4 nitrogen and oxygen atoms in total. The number of carbonyl (C=O) groups is 1. The molecule has 0 radical (unpaired) electrons. The molecular formula is C12H17ClN2O2. The minimum atomic E-state index is -0.0479. The highest BCUT2D eigenvalue weighted by molar-refractivity contribution is 6.18. The number of nitrogens with zero attached hydrogens (tertiary/aromatic N) is 2. The minimum Gasteiger partial charge on any atom is -0.383 e. The van der Waals surface area contributed by atoms with Crippen LogP contribution in [0.1, 0.15) is 16.1 Å². The summed E-state index contributed by atoms with van der Waals surface area (Å²) in [4.78, 5) is 18.0. The average Bonchev–Trinajstić information content (AvgIpc) is 2.34. The monoisotopic (exact) mass is 256 g/mol. The van der Waals surface area contributed by atoms with E-state index in [2.05, 4.69) is 4.98 Å². The zero-order valence-electron chi connectivity index (χ0n) is 10.1. The molecule has 1 aromatic rings. The summed E-state index contributed by atoms with van der Waals surface area (Å²) in [5.41, 5.74) is 1.35. The van der Waals surface area contributed by atoms with E-state index in [4.69, 9.17) is 16.3 Å². The predicted octanol–water partition coefficient (Wildman–Crippen LogP) is 1.72. The van der Waals surface area contributed by atoms with Gasteiger partial charge in [-0.3, -0.25) is 9.78 Å². The number of halogens is 1. The lowest BCUT2D eigenvalue weighted by atomic mass is 10.2. The van der Waals surface area contributed by atoms with E-state index in [1.165, 1.54) is 0 Å². The van der Waals surface area contributed by atoms with Gasteiger partial charge in [-0.1, -0.05) is 0 Å². The molecule has 0 unspecified atom stereocenters. The van der Waals surface area contributed by atoms with E-state index >= 15 is 0 Å². The molecule has 0 spiro atoms. The van der Waals surface area contributed by atoms with Gasteiger partial charge in [0.15, 0.2) is 0 Å². The number of rotatable bonds is 6. The van der Waals surface area contributed by atoms with Crippen molar-refractivity contribution in [1.82, 2.24) is 9.88 Å². The SMILES string of the molecule is COCCN(CCCl)C(=O)c1cccnc1C. The van der Waals surface area contributed by atoms with Crippen molar-refractivity contribution in [3.63, 3.8) is 0 Å². The zero-order chi connectivity index (χ0) is 12.7. The van der Waals surface area contributed by atoms with Gasteiger partial charge in [0, 0.05) is 38.0 Å². The summed E-state index contributed by atoms with van der Waals surface area (Å²) in [5, 5.41) is 0. The van der Waals surface area contributed by atoms with Gasteiger partial charge in [0.2, 0.25) is 0 Å². The highest BCUT2D eigenvalue weighted by Gasteiger charge is 2.16. The van der Waals surface area contributed by atoms with Crippen LogP contribution >= 0.6 is 11.6 Å². The molecule has 1 rings (SSSR count). The van der Waals surface area contributed by atoms with Crippen molar-refractivity contribution in [3.8, 4) is 0 Å². The fraction of sp³-hybridized carbons (Fsp3) is 0.500. The van der Waals surface area contributed by atoms with Gasteiger partial charge < -0.3 is 9.64 Å². The van der Waals surface area contributed by atoms with Gasteiger partial charge in [-0.25, -0.2) is 0 Å². The van der Waals surface area contributed by atoms with Gasteiger partial charge in [0.25, 0.3) is 5.91 Å². The minimum absolute atomic E-state index is 0.0479. The van der Waals surface area contributed by atoms with Gasteiger partial charge in [0.05, 0.1) is 12.2 Å². The molecule has 0 fully saturated rings. The number of amides is 1. The van der Waals surface area contributed by atoms with E-state index in [1.807, 2.05) is 6.92 Å². The number of aromatic nitrogens is 1. The standard InChI is InChI=1S/C12H17ClN2O2/c1-10-11(4-3-6-14-10)12(16)15(7-5-13)8-9-17-2/h3-4,6H,5,7-9H2,1-2H3. The highest BCUT2D eigenvalue weighted by atomic mass is 35.5. The quantitative estimate of drug-likeness (QED) is 0.728. The largest absolute Gasteiger partial charge is 0.383 e. The summed E-state index contributed by atoms with van der Waals surface area (Å²) >= 11 is 5.70. The fourth-order valence-corrected chi connectivity index (χ4v) is 1.70. The molecule has 0 aliphatic rings. The maximum atomic E-state index is 12.2. The molecule has 17 heavy (non-hydrogen) atoms. The summed E-state index contributed by atoms with van der Waals surface area (Å²) in [6.07, 6.45) is 1.67. The van der Waals surface area contributed by atoms with Crippen molar-refractivity contribution in [3.05, 3.63) is 29.6 Å². The first-order valence-corrected chi connectivity index (χ1v) is 6.00. The lowest BCUT2D eigenvalue weighted by Crippen LogP contribution is -2.36. The topological polar surface area (TPSA) is 42.4 Å². The molecule has 0 N–H and O–H groups in total. The van der Waals surface area contributed by atoms with Gasteiger partial charge in [-0.05, 0) is 19.1 Å². The number of hydrogen-bond acceptors (Lipinski definition) is 3. The number of hydrogen-bond donors (Lipinski definition) is 0. The van der Waals surface area contributed by atoms with Crippen LogP contribution < -0.4 is 0 Å². The molecule has 0 saturated heterocycles.